The van der Waals surface area contributed by atoms with E-state index in [0.717, 1.165) is 60.3 Å². The maximum atomic E-state index is 15.5. The first kappa shape index (κ1) is 35.3. The highest BCUT2D eigenvalue weighted by Crippen LogP contribution is 2.57. The van der Waals surface area contributed by atoms with E-state index in [1.165, 1.54) is 31.7 Å². The molecule has 0 spiro atoms. The molecule has 2 fully saturated rings. The summed E-state index contributed by atoms with van der Waals surface area (Å²) in [6.45, 7) is 4.43. The minimum absolute atomic E-state index is 0.0459. The van der Waals surface area contributed by atoms with Gasteiger partial charge in [-0.1, -0.05) is 17.7 Å². The maximum absolute atomic E-state index is 15.5. The lowest BCUT2D eigenvalue weighted by Crippen LogP contribution is -2.54. The molecule has 0 aliphatic carbocycles. The Bertz CT molecular complexity index is 2020. The number of likely N-dealkylation sites (N-methyl/N-ethyl adjacent to an activating group) is 1. The van der Waals surface area contributed by atoms with Crippen LogP contribution in [0.4, 0.5) is 18.9 Å². The van der Waals surface area contributed by atoms with E-state index in [1.54, 1.807) is 12.1 Å². The van der Waals surface area contributed by atoms with Gasteiger partial charge in [-0.3, -0.25) is 14.6 Å². The van der Waals surface area contributed by atoms with Gasteiger partial charge in [0.15, 0.2) is 5.54 Å². The number of sulfonamides is 1. The zero-order valence-corrected chi connectivity index (χ0v) is 29.3. The van der Waals surface area contributed by atoms with Crippen LogP contribution in [-0.2, 0) is 26.9 Å². The highest BCUT2D eigenvalue weighted by Gasteiger charge is 2.63. The quantitative estimate of drug-likeness (QED) is 0.209. The van der Waals surface area contributed by atoms with Gasteiger partial charge < -0.3 is 18.8 Å². The van der Waals surface area contributed by atoms with Gasteiger partial charge in [0.25, 0.3) is 15.9 Å². The van der Waals surface area contributed by atoms with E-state index < -0.39 is 44.5 Å². The van der Waals surface area contributed by atoms with Gasteiger partial charge in [0, 0.05) is 55.4 Å². The first-order chi connectivity index (χ1) is 24.3. The predicted octanol–water partition coefficient (Wildman–Crippen LogP) is 5.80. The molecule has 7 rings (SSSR count). The molecule has 3 aromatic carbocycles. The predicted molar refractivity (Wildman–Crippen MR) is 181 cm³/mol. The van der Waals surface area contributed by atoms with Crippen LogP contribution in [0.1, 0.15) is 41.5 Å². The molecular formula is C35H35ClF3N5O6S. The summed E-state index contributed by atoms with van der Waals surface area (Å²) in [5.74, 6) is -0.730. The molecule has 0 bridgehead atoms. The van der Waals surface area contributed by atoms with Crippen LogP contribution in [0.2, 0.25) is 5.02 Å². The van der Waals surface area contributed by atoms with Crippen molar-refractivity contribution in [3.8, 4) is 11.5 Å². The van der Waals surface area contributed by atoms with E-state index in [0.29, 0.717) is 48.7 Å². The Kier molecular flexibility index (Phi) is 9.29. The first-order valence-electron chi connectivity index (χ1n) is 16.3. The second-order valence-corrected chi connectivity index (χ2v) is 15.0. The van der Waals surface area contributed by atoms with Gasteiger partial charge in [0.2, 0.25) is 5.89 Å². The topological polar surface area (TPSA) is 109 Å². The number of likely N-dealkylation sites (tertiary alicyclic amines) is 1. The number of piperazine rings is 1. The molecule has 1 amide bonds. The average Bonchev–Trinajstić information content (AvgIpc) is 3.84. The summed E-state index contributed by atoms with van der Waals surface area (Å²) in [6.07, 6.45) is -0.826. The summed E-state index contributed by atoms with van der Waals surface area (Å²) in [6, 6.07) is 13.3. The van der Waals surface area contributed by atoms with Gasteiger partial charge >= 0.3 is 6.36 Å². The Morgan fingerprint density at radius 1 is 1.00 bits per heavy atom. The van der Waals surface area contributed by atoms with E-state index in [-0.39, 0.29) is 10.7 Å². The van der Waals surface area contributed by atoms with Crippen LogP contribution in [0, 0.1) is 0 Å². The number of hydrogen-bond donors (Lipinski definition) is 0. The zero-order chi connectivity index (χ0) is 36.1. The SMILES string of the molecule is COc1ccc(CN2CCN(C)CC2)cc1C1(N2CCC[C@H]2c2ncco2)C(=O)N(S(=O)(=O)c2ccc(OC(F)(F)F)cc2)c2ccc(Cl)cc21. The summed E-state index contributed by atoms with van der Waals surface area (Å²) < 4.78 is 84.2. The number of fused-ring (bicyclic) bond motifs is 1. The molecule has 4 aromatic rings. The Balaban J connectivity index is 1.43. The fourth-order valence-corrected chi connectivity index (χ4v) is 9.05. The van der Waals surface area contributed by atoms with E-state index in [2.05, 4.69) is 26.6 Å². The number of hydrogen-bond acceptors (Lipinski definition) is 10. The molecule has 11 nitrogen and oxygen atoms in total. The number of alkyl halides is 3. The number of methoxy groups -OCH3 is 1. The van der Waals surface area contributed by atoms with E-state index >= 15 is 4.79 Å². The highest BCUT2D eigenvalue weighted by atomic mass is 35.5. The molecule has 2 atom stereocenters. The van der Waals surface area contributed by atoms with Gasteiger partial charge in [-0.05, 0) is 80.1 Å². The molecule has 1 unspecified atom stereocenters. The van der Waals surface area contributed by atoms with Crippen molar-refractivity contribution in [3.63, 3.8) is 0 Å². The number of rotatable bonds is 9. The van der Waals surface area contributed by atoms with Crippen molar-refractivity contribution in [1.29, 1.82) is 0 Å². The second kappa shape index (κ2) is 13.4. The number of carbonyl (C=O) groups is 1. The Morgan fingerprint density at radius 2 is 1.75 bits per heavy atom. The Labute approximate surface area is 298 Å². The van der Waals surface area contributed by atoms with Crippen molar-refractivity contribution in [2.75, 3.05) is 51.2 Å². The van der Waals surface area contributed by atoms with Crippen LogP contribution in [0.15, 0.2) is 82.4 Å². The van der Waals surface area contributed by atoms with E-state index in [9.17, 15) is 21.6 Å². The van der Waals surface area contributed by atoms with E-state index in [1.807, 2.05) is 17.0 Å². The number of ether oxygens (including phenoxy) is 2. The first-order valence-corrected chi connectivity index (χ1v) is 18.1. The van der Waals surface area contributed by atoms with Crippen LogP contribution in [0.3, 0.4) is 0 Å². The van der Waals surface area contributed by atoms with Crippen LogP contribution in [-0.4, -0.2) is 87.3 Å². The monoisotopic (exact) mass is 745 g/mol. The third-order valence-electron chi connectivity index (χ3n) is 9.73. The molecular weight excluding hydrogens is 711 g/mol. The molecule has 3 aliphatic rings. The van der Waals surface area contributed by atoms with Gasteiger partial charge in [-0.2, -0.15) is 0 Å². The fraction of sp³-hybridized carbons (Fsp3) is 0.371. The molecule has 4 heterocycles. The van der Waals surface area contributed by atoms with Gasteiger partial charge in [0.1, 0.15) is 17.8 Å². The van der Waals surface area contributed by atoms with Crippen LogP contribution in [0.5, 0.6) is 11.5 Å². The van der Waals surface area contributed by atoms with Crippen LogP contribution < -0.4 is 13.8 Å². The Morgan fingerprint density at radius 3 is 2.41 bits per heavy atom. The summed E-state index contributed by atoms with van der Waals surface area (Å²) in [5.41, 5.74) is -0.167. The molecule has 16 heteroatoms. The number of benzene rings is 3. The number of nitrogens with zero attached hydrogens (tertiary/aromatic N) is 5. The van der Waals surface area contributed by atoms with Crippen LogP contribution in [0.25, 0.3) is 0 Å². The number of oxazole rings is 1. The van der Waals surface area contributed by atoms with Crippen molar-refractivity contribution in [2.45, 2.75) is 42.2 Å². The van der Waals surface area contributed by atoms with Gasteiger partial charge in [-0.25, -0.2) is 17.7 Å². The van der Waals surface area contributed by atoms with E-state index in [4.69, 9.17) is 20.8 Å². The zero-order valence-electron chi connectivity index (χ0n) is 27.8. The average molecular weight is 746 g/mol. The fourth-order valence-electron chi connectivity index (χ4n) is 7.42. The number of anilines is 1. The summed E-state index contributed by atoms with van der Waals surface area (Å²) >= 11 is 6.65. The lowest BCUT2D eigenvalue weighted by molar-refractivity contribution is -0.274. The molecule has 3 aliphatic heterocycles. The number of carbonyl (C=O) groups excluding carboxylic acids is 1. The van der Waals surface area contributed by atoms with Crippen molar-refractivity contribution < 1.29 is 40.3 Å². The standard InChI is InChI=1S/C35H35ClF3N5O6S/c1-41-15-17-42(18-16-41)22-23-5-12-31(48-2)28(20-23)34(43-14-3-4-30(43)32-40-13-19-49-32)27-21-24(36)6-11-29(27)44(33(34)45)51(46,47)26-9-7-25(8-10-26)50-35(37,38)39/h5-13,19-21,30H,3-4,14-18,22H2,1-2H3/t30-,34?/m0/s1. The number of aromatic nitrogens is 1. The molecule has 270 valence electrons. The van der Waals surface area contributed by atoms with Crippen molar-refractivity contribution in [2.24, 2.45) is 0 Å². The largest absolute Gasteiger partial charge is 0.573 e. The maximum Gasteiger partial charge on any atom is 0.573 e. The highest BCUT2D eigenvalue weighted by molar-refractivity contribution is 7.93. The molecule has 0 radical (unpaired) electrons. The molecule has 1 aromatic heterocycles. The molecule has 51 heavy (non-hydrogen) atoms. The normalized spacial score (nSPS) is 22.0. The third-order valence-corrected chi connectivity index (χ3v) is 11.7. The van der Waals surface area contributed by atoms with Crippen LogP contribution >= 0.6 is 11.6 Å². The van der Waals surface area contributed by atoms with Gasteiger partial charge in [0.05, 0.1) is 29.9 Å². The smallest absolute Gasteiger partial charge is 0.496 e. The molecule has 0 saturated carbocycles. The Hall–Kier alpha value is -4.15. The van der Waals surface area contributed by atoms with Crippen molar-refractivity contribution in [3.05, 3.63) is 101 Å². The lowest BCUT2D eigenvalue weighted by Gasteiger charge is -2.41. The number of halogens is 4. The summed E-state index contributed by atoms with van der Waals surface area (Å²) in [7, 11) is -1.17. The number of amides is 1. The molecule has 2 saturated heterocycles. The van der Waals surface area contributed by atoms with Gasteiger partial charge in [-0.15, -0.1) is 13.2 Å². The van der Waals surface area contributed by atoms with Crippen molar-refractivity contribution in [1.82, 2.24) is 19.7 Å². The minimum atomic E-state index is -4.98. The third kappa shape index (κ3) is 6.35. The molecule has 0 N–H and O–H groups in total. The summed E-state index contributed by atoms with van der Waals surface area (Å²) in [4.78, 5) is 26.0. The minimum Gasteiger partial charge on any atom is -0.496 e. The summed E-state index contributed by atoms with van der Waals surface area (Å²) in [5, 5.41) is 0.262. The van der Waals surface area contributed by atoms with Crippen molar-refractivity contribution >= 4 is 33.2 Å². The second-order valence-electron chi connectivity index (χ2n) is 12.8. The lowest BCUT2D eigenvalue weighted by atomic mass is 9.80.